The highest BCUT2D eigenvalue weighted by molar-refractivity contribution is 5.97. The van der Waals surface area contributed by atoms with Gasteiger partial charge in [0.2, 0.25) is 0 Å². The molecule has 0 aliphatic rings. The molecule has 0 bridgehead atoms. The molecule has 0 aliphatic heterocycles. The normalized spacial score (nSPS) is 12.6. The average Bonchev–Trinajstić information content (AvgIpc) is 2.13. The number of Topliss-reactive ketones (excluding diaryl/α,β-unsaturated/α-hetero) is 1. The Morgan fingerprint density at radius 1 is 0.944 bits per heavy atom. The predicted molar refractivity (Wildman–Crippen MR) is 75.5 cm³/mol. The Labute approximate surface area is 110 Å². The number of phenols is 1. The minimum Gasteiger partial charge on any atom is -0.507 e. The number of carbonyl (C=O) groups excluding carboxylic acids is 1. The average molecular weight is 248 g/mol. The first kappa shape index (κ1) is 14.7. The highest BCUT2D eigenvalue weighted by atomic mass is 16.3. The molecule has 0 unspecified atom stereocenters. The first-order chi connectivity index (χ1) is 7.94. The van der Waals surface area contributed by atoms with Crippen molar-refractivity contribution in [3.63, 3.8) is 0 Å². The first-order valence-electron chi connectivity index (χ1n) is 6.33. The number of ketones is 1. The summed E-state index contributed by atoms with van der Waals surface area (Å²) in [6.07, 6.45) is 0. The van der Waals surface area contributed by atoms with Crippen LogP contribution in [0.2, 0.25) is 0 Å². The van der Waals surface area contributed by atoms with Gasteiger partial charge in [0, 0.05) is 0 Å². The van der Waals surface area contributed by atoms with Gasteiger partial charge >= 0.3 is 0 Å². The van der Waals surface area contributed by atoms with Gasteiger partial charge in [-0.15, -0.1) is 0 Å². The number of phenolic OH excluding ortho intramolecular Hbond substituents is 1. The van der Waals surface area contributed by atoms with Crippen LogP contribution in [0.25, 0.3) is 0 Å². The number of rotatable bonds is 1. The standard InChI is InChI=1S/C16H24O2/c1-10(17)11-8-12(15(2,3)4)13(9-14(11)18)16(5,6)7/h8-9,18H,1-7H3. The number of carbonyl (C=O) groups is 1. The molecule has 0 radical (unpaired) electrons. The van der Waals surface area contributed by atoms with E-state index in [1.54, 1.807) is 6.07 Å². The SMILES string of the molecule is CC(=O)c1cc(C(C)(C)C)c(C(C)(C)C)cc1O. The maximum absolute atomic E-state index is 11.5. The van der Waals surface area contributed by atoms with Crippen LogP contribution >= 0.6 is 0 Å². The maximum atomic E-state index is 11.5. The lowest BCUT2D eigenvalue weighted by Gasteiger charge is -2.30. The molecule has 1 N–H and O–H groups in total. The van der Waals surface area contributed by atoms with Crippen LogP contribution in [0, 0.1) is 0 Å². The molecular formula is C16H24O2. The Bertz CT molecular complexity index is 471. The van der Waals surface area contributed by atoms with Crippen molar-refractivity contribution in [1.29, 1.82) is 0 Å². The van der Waals surface area contributed by atoms with E-state index in [0.717, 1.165) is 11.1 Å². The van der Waals surface area contributed by atoms with Crippen LogP contribution in [0.4, 0.5) is 0 Å². The summed E-state index contributed by atoms with van der Waals surface area (Å²) in [4.78, 5) is 11.5. The zero-order valence-electron chi connectivity index (χ0n) is 12.5. The van der Waals surface area contributed by atoms with Gasteiger partial charge in [0.15, 0.2) is 5.78 Å². The molecule has 2 heteroatoms. The molecule has 100 valence electrons. The third kappa shape index (κ3) is 2.92. The Morgan fingerprint density at radius 3 is 1.67 bits per heavy atom. The molecule has 0 amide bonds. The van der Waals surface area contributed by atoms with Crippen molar-refractivity contribution in [1.82, 2.24) is 0 Å². The van der Waals surface area contributed by atoms with Crippen LogP contribution in [0.3, 0.4) is 0 Å². The van der Waals surface area contributed by atoms with Gasteiger partial charge in [0.1, 0.15) is 5.75 Å². The fraction of sp³-hybridized carbons (Fsp3) is 0.562. The van der Waals surface area contributed by atoms with E-state index in [2.05, 4.69) is 41.5 Å². The minimum atomic E-state index is -0.0986. The molecule has 1 aromatic rings. The van der Waals surface area contributed by atoms with E-state index in [1.807, 2.05) is 6.07 Å². The molecule has 0 aliphatic carbocycles. The van der Waals surface area contributed by atoms with Crippen LogP contribution < -0.4 is 0 Å². The van der Waals surface area contributed by atoms with E-state index < -0.39 is 0 Å². The minimum absolute atomic E-state index is 0.0550. The van der Waals surface area contributed by atoms with Gasteiger partial charge < -0.3 is 5.11 Å². The number of hydrogen-bond acceptors (Lipinski definition) is 2. The molecule has 2 nitrogen and oxygen atoms in total. The lowest BCUT2D eigenvalue weighted by molar-refractivity contribution is 0.101. The molecule has 0 saturated heterocycles. The molecule has 0 heterocycles. The molecule has 0 saturated carbocycles. The zero-order chi connectivity index (χ0) is 14.3. The van der Waals surface area contributed by atoms with Crippen molar-refractivity contribution in [2.24, 2.45) is 0 Å². The van der Waals surface area contributed by atoms with Crippen LogP contribution in [-0.4, -0.2) is 10.9 Å². The van der Waals surface area contributed by atoms with Crippen LogP contribution in [0.15, 0.2) is 12.1 Å². The summed E-state index contributed by atoms with van der Waals surface area (Å²) in [5.74, 6) is -0.0149. The van der Waals surface area contributed by atoms with Crippen molar-refractivity contribution < 1.29 is 9.90 Å². The molecule has 0 fully saturated rings. The summed E-state index contributed by atoms with van der Waals surface area (Å²) in [7, 11) is 0. The molecule has 0 aromatic heterocycles. The van der Waals surface area contributed by atoms with Gasteiger partial charge in [-0.25, -0.2) is 0 Å². The topological polar surface area (TPSA) is 37.3 Å². The highest BCUT2D eigenvalue weighted by Crippen LogP contribution is 2.37. The summed E-state index contributed by atoms with van der Waals surface area (Å²) >= 11 is 0. The van der Waals surface area contributed by atoms with Crippen LogP contribution in [-0.2, 0) is 10.8 Å². The molecule has 0 spiro atoms. The molecular weight excluding hydrogens is 224 g/mol. The van der Waals surface area contributed by atoms with E-state index in [1.165, 1.54) is 6.92 Å². The van der Waals surface area contributed by atoms with Gasteiger partial charge in [-0.3, -0.25) is 4.79 Å². The second-order valence-electron chi connectivity index (χ2n) is 6.97. The third-order valence-electron chi connectivity index (χ3n) is 3.13. The van der Waals surface area contributed by atoms with E-state index in [9.17, 15) is 9.90 Å². The Hall–Kier alpha value is -1.31. The fourth-order valence-electron chi connectivity index (χ4n) is 2.11. The van der Waals surface area contributed by atoms with Gasteiger partial charge in [0.05, 0.1) is 5.56 Å². The Kier molecular flexibility index (Phi) is 3.62. The predicted octanol–water partition coefficient (Wildman–Crippen LogP) is 4.19. The number of aromatic hydroxyl groups is 1. The summed E-state index contributed by atoms with van der Waals surface area (Å²) in [5, 5.41) is 9.99. The summed E-state index contributed by atoms with van der Waals surface area (Å²) in [6, 6.07) is 3.59. The largest absolute Gasteiger partial charge is 0.507 e. The second-order valence-corrected chi connectivity index (χ2v) is 6.97. The number of benzene rings is 1. The van der Waals surface area contributed by atoms with E-state index >= 15 is 0 Å². The van der Waals surface area contributed by atoms with Crippen molar-refractivity contribution in [2.45, 2.75) is 59.3 Å². The van der Waals surface area contributed by atoms with Crippen molar-refractivity contribution >= 4 is 5.78 Å². The number of hydrogen-bond donors (Lipinski definition) is 1. The molecule has 1 rings (SSSR count). The Morgan fingerprint density at radius 2 is 1.33 bits per heavy atom. The van der Waals surface area contributed by atoms with E-state index in [0.29, 0.717) is 5.56 Å². The second kappa shape index (κ2) is 4.42. The first-order valence-corrected chi connectivity index (χ1v) is 6.33. The van der Waals surface area contributed by atoms with E-state index in [4.69, 9.17) is 0 Å². The molecule has 18 heavy (non-hydrogen) atoms. The lowest BCUT2D eigenvalue weighted by Crippen LogP contribution is -2.22. The van der Waals surface area contributed by atoms with Gasteiger partial charge in [-0.1, -0.05) is 41.5 Å². The summed E-state index contributed by atoms with van der Waals surface area (Å²) in [5.41, 5.74) is 2.51. The third-order valence-corrected chi connectivity index (χ3v) is 3.13. The Balaban J connectivity index is 3.64. The van der Waals surface area contributed by atoms with E-state index in [-0.39, 0.29) is 22.4 Å². The van der Waals surface area contributed by atoms with Gasteiger partial charge in [0.25, 0.3) is 0 Å². The zero-order valence-corrected chi connectivity index (χ0v) is 12.5. The molecule has 1 aromatic carbocycles. The monoisotopic (exact) mass is 248 g/mol. The van der Waals surface area contributed by atoms with Gasteiger partial charge in [-0.2, -0.15) is 0 Å². The van der Waals surface area contributed by atoms with Crippen molar-refractivity contribution in [3.8, 4) is 5.75 Å². The lowest BCUT2D eigenvalue weighted by atomic mass is 9.74. The quantitative estimate of drug-likeness (QED) is 0.757. The van der Waals surface area contributed by atoms with Crippen molar-refractivity contribution in [3.05, 3.63) is 28.8 Å². The van der Waals surface area contributed by atoms with Gasteiger partial charge in [-0.05, 0) is 41.0 Å². The molecule has 0 atom stereocenters. The smallest absolute Gasteiger partial charge is 0.163 e. The fourth-order valence-corrected chi connectivity index (χ4v) is 2.11. The summed E-state index contributed by atoms with van der Waals surface area (Å²) < 4.78 is 0. The van der Waals surface area contributed by atoms with Crippen LogP contribution in [0.1, 0.15) is 70.0 Å². The van der Waals surface area contributed by atoms with Crippen LogP contribution in [0.5, 0.6) is 5.75 Å². The summed E-state index contributed by atoms with van der Waals surface area (Å²) in [6.45, 7) is 14.2. The van der Waals surface area contributed by atoms with Crippen molar-refractivity contribution in [2.75, 3.05) is 0 Å². The maximum Gasteiger partial charge on any atom is 0.163 e. The highest BCUT2D eigenvalue weighted by Gasteiger charge is 2.27.